The number of β-lactam (4-membered cyclic amide) rings is 1. The van der Waals surface area contributed by atoms with E-state index in [4.69, 9.17) is 11.6 Å². The number of nitrogens with one attached hydrogen (secondary N) is 1. The summed E-state index contributed by atoms with van der Waals surface area (Å²) in [7, 11) is 0. The number of likely N-dealkylation sites (tertiary alicyclic amines) is 1. The Morgan fingerprint density at radius 1 is 1.30 bits per heavy atom. The van der Waals surface area contributed by atoms with Gasteiger partial charge in [-0.1, -0.05) is 29.8 Å². The van der Waals surface area contributed by atoms with Gasteiger partial charge in [0, 0.05) is 5.03 Å². The van der Waals surface area contributed by atoms with Gasteiger partial charge in [-0.15, -0.1) is 8.78 Å². The van der Waals surface area contributed by atoms with Gasteiger partial charge in [-0.2, -0.15) is 0 Å². The van der Waals surface area contributed by atoms with Crippen LogP contribution in [-0.4, -0.2) is 40.3 Å². The number of hydrogen-bond acceptors (Lipinski definition) is 5. The number of carbonyl (C=O) groups is 3. The number of aliphatic carboxylic acids is 1. The number of alkyl halides is 2. The molecule has 3 amide bonds. The Labute approximate surface area is 192 Å². The monoisotopic (exact) mass is 482 g/mol. The summed E-state index contributed by atoms with van der Waals surface area (Å²) in [5.74, 6) is -2.88. The molecule has 33 heavy (non-hydrogen) atoms. The second-order valence-electron chi connectivity index (χ2n) is 8.17. The van der Waals surface area contributed by atoms with Crippen molar-refractivity contribution in [3.8, 4) is 11.5 Å². The number of fused-ring (bicyclic) bond motifs is 1. The molecule has 0 radical (unpaired) electrons. The van der Waals surface area contributed by atoms with Crippen LogP contribution in [0.2, 0.25) is 0 Å². The Bertz CT molecular complexity index is 1060. The number of carbonyl (C=O) groups excluding carboxylic acids is 2. The van der Waals surface area contributed by atoms with Gasteiger partial charge in [-0.05, 0) is 55.9 Å². The Morgan fingerprint density at radius 2 is 2.03 bits per heavy atom. The van der Waals surface area contributed by atoms with E-state index in [1.807, 2.05) is 12.2 Å². The van der Waals surface area contributed by atoms with Crippen LogP contribution in [0.5, 0.6) is 11.5 Å². The molecule has 4 rings (SSSR count). The first-order valence-electron chi connectivity index (χ1n) is 10.4. The molecule has 0 spiro atoms. The number of urea groups is 1. The van der Waals surface area contributed by atoms with E-state index in [0.717, 1.165) is 6.42 Å². The van der Waals surface area contributed by atoms with Gasteiger partial charge in [0.15, 0.2) is 17.5 Å². The molecule has 0 bridgehead atoms. The fourth-order valence-electron chi connectivity index (χ4n) is 4.21. The lowest BCUT2D eigenvalue weighted by molar-refractivity contribution is -0.286. The van der Waals surface area contributed by atoms with Gasteiger partial charge in [-0.3, -0.25) is 4.79 Å². The van der Waals surface area contributed by atoms with Crippen LogP contribution in [0.4, 0.5) is 13.6 Å². The molecule has 0 saturated carbocycles. The van der Waals surface area contributed by atoms with Crippen LogP contribution < -0.4 is 14.8 Å². The largest absolute Gasteiger partial charge is 0.586 e. The van der Waals surface area contributed by atoms with E-state index in [9.17, 15) is 28.3 Å². The third kappa shape index (κ3) is 4.66. The van der Waals surface area contributed by atoms with Crippen molar-refractivity contribution in [2.45, 2.75) is 44.6 Å². The van der Waals surface area contributed by atoms with Crippen molar-refractivity contribution < 1.29 is 37.7 Å². The Kier molecular flexibility index (Phi) is 6.04. The molecule has 1 saturated heterocycles. The molecule has 1 aliphatic carbocycles. The molecule has 2 N–H and O–H groups in total. The minimum Gasteiger partial charge on any atom is -0.480 e. The molecule has 11 heteroatoms. The summed E-state index contributed by atoms with van der Waals surface area (Å²) in [6.45, 7) is 1.57. The van der Waals surface area contributed by atoms with Crippen LogP contribution in [0.3, 0.4) is 0 Å². The minimum absolute atomic E-state index is 0.103. The molecule has 176 valence electrons. The van der Waals surface area contributed by atoms with Gasteiger partial charge < -0.3 is 19.9 Å². The quantitative estimate of drug-likeness (QED) is 0.590. The number of carboxylic acids is 1. The van der Waals surface area contributed by atoms with E-state index in [0.29, 0.717) is 28.3 Å². The SMILES string of the molecule is C[C@@H](NC(=O)N1C(=O)[C@H](CCC2C=C(Cl)C=CC2)[C@H]1C(=O)O)c1ccc2c(c1)OC(F)(F)O2. The number of ether oxygens (including phenoxy) is 2. The van der Waals surface area contributed by atoms with Gasteiger partial charge in [0.25, 0.3) is 0 Å². The summed E-state index contributed by atoms with van der Waals surface area (Å²) in [5, 5.41) is 12.7. The van der Waals surface area contributed by atoms with Crippen LogP contribution in [0.15, 0.2) is 41.5 Å². The standard InChI is InChI=1S/C22H21ClF2N2O6/c1-11(13-6-8-16-17(10-13)33-22(24,25)32-16)26-21(31)27-18(20(29)30)15(19(27)28)7-5-12-3-2-4-14(23)9-12/h2,4,6,8-12,15,18H,3,5,7H2,1H3,(H,26,31)(H,29,30)/t11-,12?,15-,18+/m1/s1. The van der Waals surface area contributed by atoms with E-state index in [1.165, 1.54) is 18.2 Å². The molecule has 1 aromatic rings. The normalized spacial score (nSPS) is 25.8. The zero-order chi connectivity index (χ0) is 23.9. The molecule has 1 aromatic carbocycles. The van der Waals surface area contributed by atoms with Gasteiger partial charge >= 0.3 is 18.3 Å². The Balaban J connectivity index is 1.38. The third-order valence-electron chi connectivity index (χ3n) is 5.91. The first-order chi connectivity index (χ1) is 15.6. The fourth-order valence-corrected chi connectivity index (χ4v) is 4.48. The van der Waals surface area contributed by atoms with Crippen LogP contribution in [0.1, 0.15) is 37.8 Å². The second kappa shape index (κ2) is 8.66. The lowest BCUT2D eigenvalue weighted by Crippen LogP contribution is -2.68. The van der Waals surface area contributed by atoms with Crippen molar-refractivity contribution in [3.63, 3.8) is 0 Å². The summed E-state index contributed by atoms with van der Waals surface area (Å²) in [6, 6.07) is 1.15. The molecular weight excluding hydrogens is 462 g/mol. The second-order valence-corrected chi connectivity index (χ2v) is 8.61. The predicted octanol–water partition coefficient (Wildman–Crippen LogP) is 4.17. The maximum Gasteiger partial charge on any atom is 0.586 e. The van der Waals surface area contributed by atoms with Crippen LogP contribution in [0, 0.1) is 11.8 Å². The van der Waals surface area contributed by atoms with Crippen LogP contribution >= 0.6 is 11.6 Å². The zero-order valence-electron chi connectivity index (χ0n) is 17.5. The third-order valence-corrected chi connectivity index (χ3v) is 6.16. The summed E-state index contributed by atoms with van der Waals surface area (Å²) in [5.41, 5.74) is 0.411. The maximum absolute atomic E-state index is 13.2. The van der Waals surface area contributed by atoms with Crippen molar-refractivity contribution in [2.75, 3.05) is 0 Å². The van der Waals surface area contributed by atoms with Crippen molar-refractivity contribution in [2.24, 2.45) is 11.8 Å². The van der Waals surface area contributed by atoms with E-state index in [-0.39, 0.29) is 17.4 Å². The van der Waals surface area contributed by atoms with Gasteiger partial charge in [0.1, 0.15) is 0 Å². The van der Waals surface area contributed by atoms with E-state index < -0.39 is 42.2 Å². The number of carboxylic acid groups (broad SMARTS) is 1. The molecule has 1 fully saturated rings. The molecule has 3 aliphatic rings. The van der Waals surface area contributed by atoms with Gasteiger partial charge in [0.05, 0.1) is 12.0 Å². The predicted molar refractivity (Wildman–Crippen MR) is 112 cm³/mol. The zero-order valence-corrected chi connectivity index (χ0v) is 18.2. The molecular formula is C22H21ClF2N2O6. The first-order valence-corrected chi connectivity index (χ1v) is 10.7. The number of hydrogen-bond donors (Lipinski definition) is 2. The lowest BCUT2D eigenvalue weighted by atomic mass is 9.81. The first kappa shape index (κ1) is 23.0. The molecule has 4 atom stereocenters. The maximum atomic E-state index is 13.2. The highest BCUT2D eigenvalue weighted by atomic mass is 35.5. The summed E-state index contributed by atoms with van der Waals surface area (Å²) < 4.78 is 35.2. The summed E-state index contributed by atoms with van der Waals surface area (Å²) >= 11 is 5.99. The highest BCUT2D eigenvalue weighted by molar-refractivity contribution is 6.31. The van der Waals surface area contributed by atoms with Gasteiger partial charge in [-0.25, -0.2) is 14.5 Å². The number of benzene rings is 1. The number of imide groups is 1. The highest BCUT2D eigenvalue weighted by Gasteiger charge is 2.54. The minimum atomic E-state index is -3.77. The lowest BCUT2D eigenvalue weighted by Gasteiger charge is -2.43. The Morgan fingerprint density at radius 3 is 2.73 bits per heavy atom. The molecule has 0 aromatic heterocycles. The average Bonchev–Trinajstić information content (AvgIpc) is 3.04. The smallest absolute Gasteiger partial charge is 0.480 e. The van der Waals surface area contributed by atoms with Crippen LogP contribution in [0.25, 0.3) is 0 Å². The topological polar surface area (TPSA) is 105 Å². The van der Waals surface area contributed by atoms with Crippen molar-refractivity contribution in [1.82, 2.24) is 10.2 Å². The Hall–Kier alpha value is -3.14. The number of halogens is 3. The number of rotatable bonds is 6. The summed E-state index contributed by atoms with van der Waals surface area (Å²) in [6.07, 6.45) is 3.43. The number of nitrogens with zero attached hydrogens (tertiary/aromatic N) is 1. The van der Waals surface area contributed by atoms with E-state index >= 15 is 0 Å². The molecule has 2 aliphatic heterocycles. The van der Waals surface area contributed by atoms with Gasteiger partial charge in [0.2, 0.25) is 5.91 Å². The molecule has 2 heterocycles. The van der Waals surface area contributed by atoms with Crippen molar-refractivity contribution in [1.29, 1.82) is 0 Å². The van der Waals surface area contributed by atoms with Crippen LogP contribution in [-0.2, 0) is 9.59 Å². The highest BCUT2D eigenvalue weighted by Crippen LogP contribution is 2.42. The van der Waals surface area contributed by atoms with Crippen molar-refractivity contribution in [3.05, 3.63) is 47.0 Å². The molecule has 1 unspecified atom stereocenters. The number of allylic oxidation sites excluding steroid dienone is 4. The fraction of sp³-hybridized carbons (Fsp3) is 0.409. The average molecular weight is 483 g/mol. The number of amides is 3. The summed E-state index contributed by atoms with van der Waals surface area (Å²) in [4.78, 5) is 37.8. The van der Waals surface area contributed by atoms with E-state index in [2.05, 4.69) is 14.8 Å². The van der Waals surface area contributed by atoms with E-state index in [1.54, 1.807) is 13.0 Å². The van der Waals surface area contributed by atoms with Crippen molar-refractivity contribution >= 4 is 29.5 Å². The molecule has 8 nitrogen and oxygen atoms in total.